The monoisotopic (exact) mass is 298 g/mol. The second-order valence-corrected chi connectivity index (χ2v) is 18.1. The third-order valence-corrected chi connectivity index (χ3v) is 22.6. The molecule has 0 aliphatic rings. The minimum Gasteiger partial charge on any atom is -0.234 e. The van der Waals surface area contributed by atoms with Gasteiger partial charge in [0, 0.05) is 6.08 Å². The van der Waals surface area contributed by atoms with Crippen LogP contribution in [-0.2, 0) is 4.79 Å². The molecular weight excluding hydrogens is 264 g/mol. The van der Waals surface area contributed by atoms with Crippen LogP contribution >= 0.6 is 0 Å². The molecule has 0 rings (SSSR count). The van der Waals surface area contributed by atoms with Gasteiger partial charge >= 0.3 is 0 Å². The predicted octanol–water partition coefficient (Wildman–Crippen LogP) is 5.69. The van der Waals surface area contributed by atoms with Gasteiger partial charge in [-0.25, -0.2) is 4.79 Å². The van der Waals surface area contributed by atoms with Gasteiger partial charge < -0.3 is 0 Å². The van der Waals surface area contributed by atoms with E-state index < -0.39 is 16.1 Å². The van der Waals surface area contributed by atoms with Gasteiger partial charge in [-0.1, -0.05) is 84.7 Å². The first kappa shape index (κ1) is 18.9. The van der Waals surface area contributed by atoms with Crippen molar-refractivity contribution in [1.29, 1.82) is 0 Å². The summed E-state index contributed by atoms with van der Waals surface area (Å²) in [5, 5.41) is 0. The normalized spacial score (nSPS) is 13.2. The molecule has 0 radical (unpaired) electrons. The van der Waals surface area contributed by atoms with Crippen LogP contribution in [0.1, 0.15) is 48.5 Å². The molecule has 0 bridgehead atoms. The molecule has 19 heavy (non-hydrogen) atoms. The molecule has 0 aromatic rings. The van der Waals surface area contributed by atoms with Crippen molar-refractivity contribution < 1.29 is 4.79 Å². The molecule has 0 N–H and O–H groups in total. The Morgan fingerprint density at radius 1 is 0.789 bits per heavy atom. The maximum Gasteiger partial charge on any atom is 0.119 e. The molecule has 0 aliphatic carbocycles. The van der Waals surface area contributed by atoms with E-state index in [4.69, 9.17) is 0 Å². The quantitative estimate of drug-likeness (QED) is 0.395. The van der Waals surface area contributed by atoms with Crippen LogP contribution in [0.15, 0.2) is 6.08 Å². The molecule has 0 unspecified atom stereocenters. The van der Waals surface area contributed by atoms with Gasteiger partial charge in [-0.2, -0.15) is 0 Å². The van der Waals surface area contributed by atoms with Crippen molar-refractivity contribution in [3.8, 4) is 0 Å². The Morgan fingerprint density at radius 3 is 1.21 bits per heavy atom. The maximum absolute atomic E-state index is 11.3. The van der Waals surface area contributed by atoms with E-state index in [1.54, 1.807) is 0 Å². The summed E-state index contributed by atoms with van der Waals surface area (Å²) in [6.07, 6.45) is 1.98. The Balaban J connectivity index is 6.17. The van der Waals surface area contributed by atoms with E-state index in [0.717, 1.165) is 0 Å². The van der Waals surface area contributed by atoms with E-state index in [2.05, 4.69) is 54.4 Å². The second kappa shape index (κ2) is 7.61. The molecule has 1 nitrogen and oxygen atoms in total. The van der Waals surface area contributed by atoms with E-state index in [9.17, 15) is 4.79 Å². The highest BCUT2D eigenvalue weighted by Crippen LogP contribution is 2.56. The average Bonchev–Trinajstić information content (AvgIpc) is 2.44. The Labute approximate surface area is 122 Å². The summed E-state index contributed by atoms with van der Waals surface area (Å²) in [5.74, 6) is 2.22. The molecule has 0 atom stereocenters. The molecule has 112 valence electrons. The van der Waals surface area contributed by atoms with Crippen LogP contribution < -0.4 is 0 Å². The van der Waals surface area contributed by atoms with Gasteiger partial charge in [0.1, 0.15) is 5.94 Å². The van der Waals surface area contributed by atoms with Gasteiger partial charge in [-0.3, -0.25) is 0 Å². The van der Waals surface area contributed by atoms with Gasteiger partial charge in [0.25, 0.3) is 0 Å². The molecule has 0 aromatic carbocycles. The maximum atomic E-state index is 11.3. The lowest BCUT2D eigenvalue weighted by molar-refractivity contribution is 0.567. The van der Waals surface area contributed by atoms with Crippen molar-refractivity contribution in [3.63, 3.8) is 0 Å². The van der Waals surface area contributed by atoms with Crippen LogP contribution in [0, 0.1) is 0 Å². The summed E-state index contributed by atoms with van der Waals surface area (Å²) in [6, 6.07) is 7.77. The van der Waals surface area contributed by atoms with Crippen molar-refractivity contribution in [2.24, 2.45) is 0 Å². The topological polar surface area (TPSA) is 17.1 Å². The Hall–Kier alpha value is -0.116. The number of hydrogen-bond acceptors (Lipinski definition) is 1. The van der Waals surface area contributed by atoms with Crippen LogP contribution in [0.2, 0.25) is 40.9 Å². The van der Waals surface area contributed by atoms with Gasteiger partial charge in [0.2, 0.25) is 0 Å². The standard InChI is InChI=1S/C16H34OSi2/c1-8-18(9-2,10-3)16(7,14-15-17)19(11-4,12-5)13-6/h14H,8-13H2,1-7H3. The Kier molecular flexibility index (Phi) is 7.56. The number of allylic oxidation sites excluding steroid dienone is 1. The number of carbonyl (C=O) groups excluding carboxylic acids is 1. The smallest absolute Gasteiger partial charge is 0.119 e. The van der Waals surface area contributed by atoms with Crippen LogP contribution in [0.5, 0.6) is 0 Å². The predicted molar refractivity (Wildman–Crippen MR) is 93.0 cm³/mol. The molecule has 0 aliphatic heterocycles. The van der Waals surface area contributed by atoms with E-state index in [-0.39, 0.29) is 4.66 Å². The van der Waals surface area contributed by atoms with Crippen LogP contribution in [-0.4, -0.2) is 22.1 Å². The molecule has 0 saturated carbocycles. The van der Waals surface area contributed by atoms with E-state index in [1.165, 1.54) is 36.3 Å². The molecule has 0 saturated heterocycles. The summed E-state index contributed by atoms with van der Waals surface area (Å²) in [5.41, 5.74) is 0. The van der Waals surface area contributed by atoms with Crippen molar-refractivity contribution in [2.45, 2.75) is 89.4 Å². The minimum absolute atomic E-state index is 0.207. The fourth-order valence-corrected chi connectivity index (χ4v) is 20.5. The second-order valence-electron chi connectivity index (χ2n) is 6.15. The first-order valence-electron chi connectivity index (χ1n) is 8.15. The van der Waals surface area contributed by atoms with Crippen molar-refractivity contribution in [2.75, 3.05) is 0 Å². The highest BCUT2D eigenvalue weighted by Gasteiger charge is 2.56. The lowest BCUT2D eigenvalue weighted by Gasteiger charge is -2.55. The van der Waals surface area contributed by atoms with Crippen molar-refractivity contribution >= 4 is 22.1 Å². The van der Waals surface area contributed by atoms with E-state index in [0.29, 0.717) is 0 Å². The summed E-state index contributed by atoms with van der Waals surface area (Å²) in [7, 11) is -2.89. The van der Waals surface area contributed by atoms with E-state index >= 15 is 0 Å². The third-order valence-electron chi connectivity index (χ3n) is 6.61. The van der Waals surface area contributed by atoms with Gasteiger partial charge in [-0.05, 0) is 4.66 Å². The fourth-order valence-electron chi connectivity index (χ4n) is 4.69. The molecule has 3 heteroatoms. The molecule has 0 spiro atoms. The fraction of sp³-hybridized carbons (Fsp3) is 0.875. The van der Waals surface area contributed by atoms with E-state index in [1.807, 2.05) is 6.08 Å². The lowest BCUT2D eigenvalue weighted by Crippen LogP contribution is -2.59. The number of rotatable bonds is 9. The minimum atomic E-state index is -1.45. The Morgan fingerprint density at radius 2 is 1.05 bits per heavy atom. The van der Waals surface area contributed by atoms with Crippen LogP contribution in [0.4, 0.5) is 0 Å². The first-order chi connectivity index (χ1) is 8.92. The molecular formula is C16H34OSi2. The van der Waals surface area contributed by atoms with Crippen molar-refractivity contribution in [1.82, 2.24) is 0 Å². The molecule has 0 fully saturated rings. The lowest BCUT2D eigenvalue weighted by atomic mass is 10.4. The highest BCUT2D eigenvalue weighted by molar-refractivity contribution is 7.02. The molecule has 0 amide bonds. The molecule has 0 aromatic heterocycles. The summed E-state index contributed by atoms with van der Waals surface area (Å²) >= 11 is 0. The molecule has 0 heterocycles. The highest BCUT2D eigenvalue weighted by atomic mass is 28.4. The average molecular weight is 299 g/mol. The van der Waals surface area contributed by atoms with Gasteiger partial charge in [-0.15, -0.1) is 0 Å². The SMILES string of the molecule is CC[Si](CC)(CC)C(C)(C=C=O)[Si](CC)(CC)CC. The zero-order valence-corrected chi connectivity index (χ0v) is 16.2. The van der Waals surface area contributed by atoms with Crippen LogP contribution in [0.3, 0.4) is 0 Å². The summed E-state index contributed by atoms with van der Waals surface area (Å²) in [6.45, 7) is 16.6. The Bertz CT molecular complexity index is 274. The van der Waals surface area contributed by atoms with Gasteiger partial charge in [0.15, 0.2) is 0 Å². The largest absolute Gasteiger partial charge is 0.234 e. The van der Waals surface area contributed by atoms with Crippen molar-refractivity contribution in [3.05, 3.63) is 6.08 Å². The zero-order valence-electron chi connectivity index (χ0n) is 14.2. The third kappa shape index (κ3) is 2.84. The van der Waals surface area contributed by atoms with Gasteiger partial charge in [0.05, 0.1) is 16.1 Å². The first-order valence-corrected chi connectivity index (χ1v) is 13.4. The summed E-state index contributed by atoms with van der Waals surface area (Å²) < 4.78 is 0.207. The van der Waals surface area contributed by atoms with Crippen LogP contribution in [0.25, 0.3) is 0 Å². The number of hydrogen-bond donors (Lipinski definition) is 0. The zero-order chi connectivity index (χ0) is 15.2. The summed E-state index contributed by atoms with van der Waals surface area (Å²) in [4.78, 5) is 11.3.